The maximum atomic E-state index is 13.3. The number of benzene rings is 1. The van der Waals surface area contributed by atoms with Gasteiger partial charge in [0.25, 0.3) is 0 Å². The highest BCUT2D eigenvalue weighted by molar-refractivity contribution is 7.89. The Hall–Kier alpha value is -1.18. The van der Waals surface area contributed by atoms with E-state index in [0.717, 1.165) is 18.2 Å². The maximum absolute atomic E-state index is 13.3. The number of hydrogen-bond acceptors (Lipinski definition) is 4. The second-order valence-electron chi connectivity index (χ2n) is 3.73. The van der Waals surface area contributed by atoms with Crippen LogP contribution >= 0.6 is 0 Å². The van der Waals surface area contributed by atoms with Crippen LogP contribution in [0.3, 0.4) is 0 Å². The van der Waals surface area contributed by atoms with E-state index in [1.54, 1.807) is 6.92 Å². The van der Waals surface area contributed by atoms with Crippen molar-refractivity contribution in [3.05, 3.63) is 24.0 Å². The molecule has 0 fully saturated rings. The van der Waals surface area contributed by atoms with Crippen LogP contribution in [0.2, 0.25) is 0 Å². The molecule has 1 aromatic rings. The van der Waals surface area contributed by atoms with Crippen LogP contribution in [0.15, 0.2) is 23.1 Å². The third kappa shape index (κ3) is 3.94. The Labute approximate surface area is 106 Å². The molecule has 5 nitrogen and oxygen atoms in total. The average molecular weight is 277 g/mol. The molecule has 0 bridgehead atoms. The molecule has 1 aromatic carbocycles. The summed E-state index contributed by atoms with van der Waals surface area (Å²) in [6, 6.07) is 3.29. The molecule has 0 heterocycles. The summed E-state index contributed by atoms with van der Waals surface area (Å²) in [4.78, 5) is -0.104. The Balaban J connectivity index is 2.98. The van der Waals surface area contributed by atoms with Crippen LogP contribution in [0.1, 0.15) is 13.8 Å². The van der Waals surface area contributed by atoms with Gasteiger partial charge in [0.1, 0.15) is 0 Å². The Morgan fingerprint density at radius 3 is 2.72 bits per heavy atom. The van der Waals surface area contributed by atoms with E-state index in [2.05, 4.69) is 4.72 Å². The summed E-state index contributed by atoms with van der Waals surface area (Å²) in [5.74, 6) is -0.733. The van der Waals surface area contributed by atoms with Crippen molar-refractivity contribution in [1.29, 1.82) is 0 Å². The van der Waals surface area contributed by atoms with E-state index >= 15 is 0 Å². The van der Waals surface area contributed by atoms with Gasteiger partial charge < -0.3 is 9.84 Å². The molecule has 0 aromatic heterocycles. The van der Waals surface area contributed by atoms with Crippen molar-refractivity contribution in [3.63, 3.8) is 0 Å². The lowest BCUT2D eigenvalue weighted by atomic mass is 10.3. The second-order valence-corrected chi connectivity index (χ2v) is 5.49. The fraction of sp³-hybridized carbons (Fsp3) is 0.455. The lowest BCUT2D eigenvalue weighted by Gasteiger charge is -2.10. The fourth-order valence-corrected chi connectivity index (χ4v) is 2.37. The number of sulfonamides is 1. The Kier molecular flexibility index (Phi) is 5.06. The quantitative estimate of drug-likeness (QED) is 0.809. The van der Waals surface area contributed by atoms with E-state index in [1.165, 1.54) is 6.92 Å². The molecule has 0 spiro atoms. The average Bonchev–Trinajstić information content (AvgIpc) is 2.29. The Bertz CT molecular complexity index is 502. The van der Waals surface area contributed by atoms with Gasteiger partial charge in [-0.2, -0.15) is 0 Å². The number of rotatable bonds is 6. The number of aliphatic hydroxyl groups is 1. The first-order valence-electron chi connectivity index (χ1n) is 5.47. The minimum absolute atomic E-state index is 0.104. The molecular formula is C11H16FNO4S. The van der Waals surface area contributed by atoms with E-state index in [-0.39, 0.29) is 23.8 Å². The van der Waals surface area contributed by atoms with Gasteiger partial charge >= 0.3 is 0 Å². The molecule has 0 aliphatic carbocycles. The minimum atomic E-state index is -3.77. The maximum Gasteiger partial charge on any atom is 0.240 e. The molecule has 1 rings (SSSR count). The molecule has 1 atom stereocenters. The third-order valence-corrected chi connectivity index (χ3v) is 3.50. The normalized spacial score (nSPS) is 13.3. The van der Waals surface area contributed by atoms with E-state index < -0.39 is 21.9 Å². The van der Waals surface area contributed by atoms with Crippen molar-refractivity contribution >= 4 is 10.0 Å². The number of nitrogens with one attached hydrogen (secondary N) is 1. The van der Waals surface area contributed by atoms with Gasteiger partial charge in [-0.3, -0.25) is 0 Å². The topological polar surface area (TPSA) is 75.6 Å². The zero-order chi connectivity index (χ0) is 13.8. The summed E-state index contributed by atoms with van der Waals surface area (Å²) in [6.45, 7) is 3.26. The Morgan fingerprint density at radius 1 is 1.50 bits per heavy atom. The summed E-state index contributed by atoms with van der Waals surface area (Å²) in [7, 11) is -3.77. The number of hydrogen-bond donors (Lipinski definition) is 2. The van der Waals surface area contributed by atoms with Crippen LogP contribution in [0.5, 0.6) is 5.75 Å². The predicted molar refractivity (Wildman–Crippen MR) is 64.4 cm³/mol. The first-order valence-corrected chi connectivity index (χ1v) is 6.95. The lowest BCUT2D eigenvalue weighted by molar-refractivity contribution is 0.198. The van der Waals surface area contributed by atoms with Crippen LogP contribution in [0, 0.1) is 5.82 Å². The summed E-state index contributed by atoms with van der Waals surface area (Å²) in [5, 5.41) is 9.03. The molecule has 102 valence electrons. The SMILES string of the molecule is CCOc1cc(S(=O)(=O)NC[C@@H](C)O)ccc1F. The number of ether oxygens (including phenoxy) is 1. The molecule has 0 radical (unpaired) electrons. The monoisotopic (exact) mass is 277 g/mol. The highest BCUT2D eigenvalue weighted by Crippen LogP contribution is 2.21. The van der Waals surface area contributed by atoms with Gasteiger partial charge in [0, 0.05) is 12.6 Å². The van der Waals surface area contributed by atoms with Crippen molar-refractivity contribution < 1.29 is 22.7 Å². The van der Waals surface area contributed by atoms with Gasteiger partial charge in [-0.25, -0.2) is 17.5 Å². The first-order chi connectivity index (χ1) is 8.36. The predicted octanol–water partition coefficient (Wildman–Crippen LogP) is 0.883. The van der Waals surface area contributed by atoms with Crippen LogP contribution in [-0.2, 0) is 10.0 Å². The molecule has 0 aliphatic rings. The van der Waals surface area contributed by atoms with Crippen molar-refractivity contribution in [2.24, 2.45) is 0 Å². The fourth-order valence-electron chi connectivity index (χ4n) is 1.23. The summed E-state index contributed by atoms with van der Waals surface area (Å²) in [6.07, 6.45) is -0.799. The van der Waals surface area contributed by atoms with Gasteiger partial charge in [-0.1, -0.05) is 0 Å². The van der Waals surface area contributed by atoms with Crippen LogP contribution < -0.4 is 9.46 Å². The van der Waals surface area contributed by atoms with Crippen LogP contribution in [0.4, 0.5) is 4.39 Å². The van der Waals surface area contributed by atoms with Crippen LogP contribution in [0.25, 0.3) is 0 Å². The standard InChI is InChI=1S/C11H16FNO4S/c1-3-17-11-6-9(4-5-10(11)12)18(15,16)13-7-8(2)14/h4-6,8,13-14H,3,7H2,1-2H3/t8-/m1/s1. The number of aliphatic hydroxyl groups excluding tert-OH is 1. The first kappa shape index (κ1) is 14.9. The molecule has 18 heavy (non-hydrogen) atoms. The largest absolute Gasteiger partial charge is 0.491 e. The summed E-state index contributed by atoms with van der Waals surface area (Å²) in [5.41, 5.74) is 0. The summed E-state index contributed by atoms with van der Waals surface area (Å²) >= 11 is 0. The van der Waals surface area contributed by atoms with E-state index in [9.17, 15) is 12.8 Å². The summed E-state index contributed by atoms with van der Waals surface area (Å²) < 4.78 is 44.1. The molecule has 0 saturated carbocycles. The zero-order valence-corrected chi connectivity index (χ0v) is 11.0. The van der Waals surface area contributed by atoms with Gasteiger partial charge in [0.15, 0.2) is 11.6 Å². The molecular weight excluding hydrogens is 261 g/mol. The number of halogens is 1. The highest BCUT2D eigenvalue weighted by Gasteiger charge is 2.17. The second kappa shape index (κ2) is 6.12. The molecule has 0 saturated heterocycles. The van der Waals surface area contributed by atoms with Gasteiger partial charge in [0.2, 0.25) is 10.0 Å². The van der Waals surface area contributed by atoms with E-state index in [1.807, 2.05) is 0 Å². The Morgan fingerprint density at radius 2 is 2.17 bits per heavy atom. The van der Waals surface area contributed by atoms with Gasteiger partial charge in [-0.15, -0.1) is 0 Å². The zero-order valence-electron chi connectivity index (χ0n) is 10.2. The molecule has 0 amide bonds. The molecule has 2 N–H and O–H groups in total. The van der Waals surface area contributed by atoms with Crippen molar-refractivity contribution in [2.75, 3.05) is 13.2 Å². The van der Waals surface area contributed by atoms with Crippen molar-refractivity contribution in [1.82, 2.24) is 4.72 Å². The molecule has 0 unspecified atom stereocenters. The smallest absolute Gasteiger partial charge is 0.240 e. The van der Waals surface area contributed by atoms with E-state index in [4.69, 9.17) is 9.84 Å². The third-order valence-electron chi connectivity index (χ3n) is 2.08. The van der Waals surface area contributed by atoms with Gasteiger partial charge in [-0.05, 0) is 26.0 Å². The van der Waals surface area contributed by atoms with Crippen molar-refractivity contribution in [3.8, 4) is 5.75 Å². The lowest BCUT2D eigenvalue weighted by Crippen LogP contribution is -2.30. The van der Waals surface area contributed by atoms with E-state index in [0.29, 0.717) is 0 Å². The van der Waals surface area contributed by atoms with Gasteiger partial charge in [0.05, 0.1) is 17.6 Å². The minimum Gasteiger partial charge on any atom is -0.491 e. The molecule has 7 heteroatoms. The van der Waals surface area contributed by atoms with Crippen LogP contribution in [-0.4, -0.2) is 32.8 Å². The van der Waals surface area contributed by atoms with Crippen molar-refractivity contribution in [2.45, 2.75) is 24.8 Å². The highest BCUT2D eigenvalue weighted by atomic mass is 32.2. The molecule has 0 aliphatic heterocycles.